The molecule has 0 bridgehead atoms. The van der Waals surface area contributed by atoms with Gasteiger partial charge in [-0.2, -0.15) is 0 Å². The summed E-state index contributed by atoms with van der Waals surface area (Å²) >= 11 is 0. The number of H-pyrrole nitrogens is 1. The molecule has 0 amide bonds. The van der Waals surface area contributed by atoms with Crippen molar-refractivity contribution in [1.29, 1.82) is 0 Å². The lowest BCUT2D eigenvalue weighted by Gasteiger charge is -2.13. The number of aromatic nitrogens is 2. The van der Waals surface area contributed by atoms with Crippen LogP contribution in [0.1, 0.15) is 32.3 Å². The van der Waals surface area contributed by atoms with Gasteiger partial charge in [0, 0.05) is 11.5 Å². The Morgan fingerprint density at radius 1 is 1.50 bits per heavy atom. The molecule has 0 spiro atoms. The van der Waals surface area contributed by atoms with Crippen LogP contribution in [0.4, 0.5) is 0 Å². The maximum atomic E-state index is 3.74. The molecule has 66 valence electrons. The maximum absolute atomic E-state index is 3.74. The monoisotopic (exact) mass is 165 g/mol. The lowest BCUT2D eigenvalue weighted by molar-refractivity contribution is -0.682. The molecule has 0 saturated heterocycles. The van der Waals surface area contributed by atoms with E-state index in [0.29, 0.717) is 0 Å². The third kappa shape index (κ3) is 1.42. The predicted octanol–water partition coefficient (Wildman–Crippen LogP) is 1.78. The zero-order valence-corrected chi connectivity index (χ0v) is 8.31. The Hall–Kier alpha value is -1.05. The lowest BCUT2D eigenvalue weighted by atomic mass is 9.93. The van der Waals surface area contributed by atoms with E-state index in [1.165, 1.54) is 5.69 Å². The van der Waals surface area contributed by atoms with Crippen LogP contribution in [0, 0.1) is 0 Å². The first kappa shape index (κ1) is 9.04. The summed E-state index contributed by atoms with van der Waals surface area (Å²) < 4.78 is 2.13. The van der Waals surface area contributed by atoms with Crippen LogP contribution in [0.5, 0.6) is 0 Å². The average molecular weight is 165 g/mol. The summed E-state index contributed by atoms with van der Waals surface area (Å²) in [7, 11) is 2.05. The van der Waals surface area contributed by atoms with E-state index in [9.17, 15) is 0 Å². The van der Waals surface area contributed by atoms with Gasteiger partial charge in [-0.15, -0.1) is 0 Å². The lowest BCUT2D eigenvalue weighted by Crippen LogP contribution is -2.39. The van der Waals surface area contributed by atoms with E-state index >= 15 is 0 Å². The van der Waals surface area contributed by atoms with Gasteiger partial charge in [-0.05, 0) is 0 Å². The molecule has 1 aromatic rings. The minimum atomic E-state index is 0.187. The van der Waals surface area contributed by atoms with Crippen molar-refractivity contribution in [2.75, 3.05) is 0 Å². The normalized spacial score (nSPS) is 11.7. The summed E-state index contributed by atoms with van der Waals surface area (Å²) in [5.74, 6) is 1.06. The molecule has 0 unspecified atom stereocenters. The van der Waals surface area contributed by atoms with Gasteiger partial charge in [0.25, 0.3) is 5.82 Å². The fraction of sp³-hybridized carbons (Fsp3) is 0.500. The molecule has 0 radical (unpaired) electrons. The number of nitrogens with one attached hydrogen (secondary N) is 1. The number of nitrogens with zero attached hydrogens (tertiary/aromatic N) is 1. The Labute approximate surface area is 73.9 Å². The Balaban J connectivity index is 3.19. The van der Waals surface area contributed by atoms with Crippen LogP contribution in [-0.2, 0) is 12.5 Å². The molecule has 0 saturated carbocycles. The molecule has 12 heavy (non-hydrogen) atoms. The first-order valence-electron chi connectivity index (χ1n) is 4.17. The Bertz CT molecular complexity index is 289. The predicted molar refractivity (Wildman–Crippen MR) is 50.8 cm³/mol. The molecule has 0 aliphatic rings. The molecule has 2 heteroatoms. The van der Waals surface area contributed by atoms with E-state index in [0.717, 1.165) is 5.82 Å². The van der Waals surface area contributed by atoms with Crippen LogP contribution in [0.3, 0.4) is 0 Å². The van der Waals surface area contributed by atoms with Crippen molar-refractivity contribution in [3.8, 4) is 0 Å². The third-order valence-corrected chi connectivity index (χ3v) is 2.04. The van der Waals surface area contributed by atoms with Crippen LogP contribution < -0.4 is 4.57 Å². The van der Waals surface area contributed by atoms with Crippen LogP contribution in [0.15, 0.2) is 12.8 Å². The minimum absolute atomic E-state index is 0.187. The second-order valence-electron chi connectivity index (χ2n) is 4.07. The van der Waals surface area contributed by atoms with Gasteiger partial charge < -0.3 is 0 Å². The summed E-state index contributed by atoms with van der Waals surface area (Å²) in [6.45, 7) is 10.3. The SMILES string of the molecule is C=Cc1[nH]cc(C(C)(C)C)[n+]1C. The van der Waals surface area contributed by atoms with E-state index in [4.69, 9.17) is 0 Å². The Morgan fingerprint density at radius 2 is 2.08 bits per heavy atom. The van der Waals surface area contributed by atoms with Crippen molar-refractivity contribution in [2.45, 2.75) is 26.2 Å². The molecule has 1 N–H and O–H groups in total. The van der Waals surface area contributed by atoms with Crippen LogP contribution in [-0.4, -0.2) is 4.98 Å². The molecule has 0 aromatic carbocycles. The highest BCUT2D eigenvalue weighted by Gasteiger charge is 2.24. The molecule has 0 fully saturated rings. The zero-order chi connectivity index (χ0) is 9.35. The molecule has 0 aliphatic carbocycles. The van der Waals surface area contributed by atoms with Crippen molar-refractivity contribution in [2.24, 2.45) is 7.05 Å². The second-order valence-corrected chi connectivity index (χ2v) is 4.07. The van der Waals surface area contributed by atoms with Gasteiger partial charge in [0.1, 0.15) is 11.9 Å². The molecule has 1 rings (SSSR count). The van der Waals surface area contributed by atoms with Crippen LogP contribution in [0.25, 0.3) is 6.08 Å². The van der Waals surface area contributed by atoms with Crippen molar-refractivity contribution in [1.82, 2.24) is 4.98 Å². The van der Waals surface area contributed by atoms with Crippen molar-refractivity contribution >= 4 is 6.08 Å². The first-order chi connectivity index (χ1) is 5.46. The van der Waals surface area contributed by atoms with Gasteiger partial charge in [-0.3, -0.25) is 0 Å². The van der Waals surface area contributed by atoms with Crippen molar-refractivity contribution < 1.29 is 4.57 Å². The standard InChI is InChI=1S/C10H16N2/c1-6-9-11-7-8(12(9)5)10(2,3)4/h6-7H,1H2,2-5H3/p+1. The molecule has 0 atom stereocenters. The number of imidazole rings is 1. The van der Waals surface area contributed by atoms with E-state index in [1.807, 2.05) is 19.3 Å². The summed E-state index contributed by atoms with van der Waals surface area (Å²) in [5, 5.41) is 0. The minimum Gasteiger partial charge on any atom is -0.244 e. The van der Waals surface area contributed by atoms with Crippen LogP contribution in [0.2, 0.25) is 0 Å². The number of hydrogen-bond acceptors (Lipinski definition) is 0. The van der Waals surface area contributed by atoms with E-state index in [2.05, 4.69) is 36.9 Å². The summed E-state index contributed by atoms with van der Waals surface area (Å²) in [6, 6.07) is 0. The van der Waals surface area contributed by atoms with E-state index in [-0.39, 0.29) is 5.41 Å². The average Bonchev–Trinajstić information content (AvgIpc) is 2.29. The smallest absolute Gasteiger partial charge is 0.244 e. The van der Waals surface area contributed by atoms with Gasteiger partial charge in [0.2, 0.25) is 0 Å². The summed E-state index contributed by atoms with van der Waals surface area (Å²) in [6.07, 6.45) is 3.87. The highest BCUT2D eigenvalue weighted by Crippen LogP contribution is 2.18. The summed E-state index contributed by atoms with van der Waals surface area (Å²) in [5.41, 5.74) is 1.48. The van der Waals surface area contributed by atoms with E-state index < -0.39 is 0 Å². The second kappa shape index (κ2) is 2.77. The first-order valence-corrected chi connectivity index (χ1v) is 4.17. The highest BCUT2D eigenvalue weighted by molar-refractivity contribution is 5.32. The fourth-order valence-corrected chi connectivity index (χ4v) is 1.38. The topological polar surface area (TPSA) is 19.7 Å². The maximum Gasteiger partial charge on any atom is 0.278 e. The fourth-order valence-electron chi connectivity index (χ4n) is 1.38. The largest absolute Gasteiger partial charge is 0.278 e. The van der Waals surface area contributed by atoms with E-state index in [1.54, 1.807) is 0 Å². The highest BCUT2D eigenvalue weighted by atomic mass is 15.1. The quantitative estimate of drug-likeness (QED) is 0.612. The van der Waals surface area contributed by atoms with Crippen molar-refractivity contribution in [3.63, 3.8) is 0 Å². The number of rotatable bonds is 1. The summed E-state index contributed by atoms with van der Waals surface area (Å²) in [4.78, 5) is 3.18. The Morgan fingerprint density at radius 3 is 2.33 bits per heavy atom. The third-order valence-electron chi connectivity index (χ3n) is 2.04. The molecular formula is C10H17N2+. The molecular weight excluding hydrogens is 148 g/mol. The van der Waals surface area contributed by atoms with Gasteiger partial charge in [0.05, 0.1) is 7.05 Å². The van der Waals surface area contributed by atoms with Gasteiger partial charge in [-0.25, -0.2) is 9.55 Å². The van der Waals surface area contributed by atoms with Gasteiger partial charge in [0.15, 0.2) is 0 Å². The van der Waals surface area contributed by atoms with Crippen molar-refractivity contribution in [3.05, 3.63) is 24.3 Å². The number of aromatic amines is 1. The van der Waals surface area contributed by atoms with Gasteiger partial charge >= 0.3 is 0 Å². The molecule has 1 aromatic heterocycles. The van der Waals surface area contributed by atoms with Crippen LogP contribution >= 0.6 is 0 Å². The molecule has 0 aliphatic heterocycles. The molecule has 2 nitrogen and oxygen atoms in total. The zero-order valence-electron chi connectivity index (χ0n) is 8.31. The number of hydrogen-bond donors (Lipinski definition) is 1. The Kier molecular flexibility index (Phi) is 2.09. The van der Waals surface area contributed by atoms with Gasteiger partial charge in [-0.1, -0.05) is 27.4 Å². The molecule has 1 heterocycles.